The zero-order valence-corrected chi connectivity index (χ0v) is 16.1. The highest BCUT2D eigenvalue weighted by Gasteiger charge is 2.23. The summed E-state index contributed by atoms with van der Waals surface area (Å²) in [5.74, 6) is -1.38. The van der Waals surface area contributed by atoms with Crippen molar-refractivity contribution >= 4 is 38.8 Å². The topological polar surface area (TPSA) is 67.4 Å². The first-order valence-electron chi connectivity index (χ1n) is 8.11. The minimum atomic E-state index is -3.85. The number of methoxy groups -OCH3 is 1. The fraction of sp³-hybridized carbons (Fsp3) is 0.0526. The molecule has 0 unspecified atom stereocenters. The molecule has 28 heavy (non-hydrogen) atoms. The maximum absolute atomic E-state index is 13.6. The third kappa shape index (κ3) is 3.38. The predicted octanol–water partition coefficient (Wildman–Crippen LogP) is 4.98. The normalized spacial score (nSPS) is 12.5. The summed E-state index contributed by atoms with van der Waals surface area (Å²) < 4.78 is 60.2. The maximum atomic E-state index is 13.6. The van der Waals surface area contributed by atoms with E-state index in [9.17, 15) is 17.2 Å². The highest BCUT2D eigenvalue weighted by Crippen LogP contribution is 2.47. The molecule has 3 aromatic carbocycles. The Labute approximate surface area is 164 Å². The molecule has 144 valence electrons. The summed E-state index contributed by atoms with van der Waals surface area (Å²) in [5.41, 5.74) is 1.15. The van der Waals surface area contributed by atoms with Gasteiger partial charge in [0.05, 0.1) is 29.1 Å². The lowest BCUT2D eigenvalue weighted by Gasteiger charge is -2.23. The van der Waals surface area contributed by atoms with Crippen molar-refractivity contribution in [3.05, 3.63) is 66.2 Å². The molecule has 1 heterocycles. The number of hydrogen-bond acceptors (Lipinski definition) is 5. The molecule has 3 aromatic rings. The molecule has 2 N–H and O–H groups in total. The van der Waals surface area contributed by atoms with Gasteiger partial charge in [0, 0.05) is 15.9 Å². The summed E-state index contributed by atoms with van der Waals surface area (Å²) in [6.45, 7) is 0. The van der Waals surface area contributed by atoms with E-state index in [0.29, 0.717) is 32.6 Å². The Morgan fingerprint density at radius 2 is 1.71 bits per heavy atom. The molecule has 0 amide bonds. The second kappa shape index (κ2) is 6.99. The molecule has 0 aromatic heterocycles. The minimum absolute atomic E-state index is 0.0721. The van der Waals surface area contributed by atoms with Gasteiger partial charge in [0.25, 0.3) is 10.0 Å². The maximum Gasteiger partial charge on any atom is 0.261 e. The number of hydrogen-bond donors (Lipinski definition) is 2. The molecular formula is C19H14F2N2O3S2. The molecule has 9 heteroatoms. The predicted molar refractivity (Wildman–Crippen MR) is 104 cm³/mol. The lowest BCUT2D eigenvalue weighted by atomic mass is 10.2. The van der Waals surface area contributed by atoms with Gasteiger partial charge >= 0.3 is 0 Å². The number of anilines is 3. The molecule has 0 saturated heterocycles. The van der Waals surface area contributed by atoms with E-state index in [1.54, 1.807) is 30.3 Å². The minimum Gasteiger partial charge on any atom is -0.497 e. The van der Waals surface area contributed by atoms with Crippen LogP contribution in [0.25, 0.3) is 0 Å². The van der Waals surface area contributed by atoms with Crippen LogP contribution in [0.5, 0.6) is 5.75 Å². The molecule has 0 aliphatic carbocycles. The van der Waals surface area contributed by atoms with Crippen molar-refractivity contribution in [2.45, 2.75) is 14.7 Å². The van der Waals surface area contributed by atoms with Crippen molar-refractivity contribution in [2.24, 2.45) is 0 Å². The van der Waals surface area contributed by atoms with Crippen molar-refractivity contribution in [1.29, 1.82) is 0 Å². The summed E-state index contributed by atoms with van der Waals surface area (Å²) >= 11 is 1.23. The molecule has 1 aliphatic rings. The number of rotatable bonds is 4. The van der Waals surface area contributed by atoms with E-state index in [0.717, 1.165) is 12.1 Å². The first-order valence-corrected chi connectivity index (χ1v) is 10.4. The third-order valence-electron chi connectivity index (χ3n) is 4.14. The summed E-state index contributed by atoms with van der Waals surface area (Å²) in [4.78, 5) is 1.28. The molecule has 0 saturated carbocycles. The van der Waals surface area contributed by atoms with Crippen LogP contribution in [0.4, 0.5) is 25.8 Å². The monoisotopic (exact) mass is 420 g/mol. The quantitative estimate of drug-likeness (QED) is 0.487. The van der Waals surface area contributed by atoms with Gasteiger partial charge in [-0.3, -0.25) is 4.72 Å². The summed E-state index contributed by atoms with van der Waals surface area (Å²) in [6, 6.07) is 13.2. The van der Waals surface area contributed by atoms with E-state index in [1.807, 2.05) is 0 Å². The van der Waals surface area contributed by atoms with E-state index in [-0.39, 0.29) is 4.90 Å². The number of fused-ring (bicyclic) bond motifs is 2. The van der Waals surface area contributed by atoms with Gasteiger partial charge in [-0.2, -0.15) is 0 Å². The van der Waals surface area contributed by atoms with Gasteiger partial charge in [-0.05, 0) is 42.5 Å². The van der Waals surface area contributed by atoms with Crippen LogP contribution in [-0.2, 0) is 10.0 Å². The Kier molecular flexibility index (Phi) is 4.64. The molecule has 0 radical (unpaired) electrons. The van der Waals surface area contributed by atoms with Gasteiger partial charge in [0.1, 0.15) is 5.75 Å². The lowest BCUT2D eigenvalue weighted by molar-refractivity contribution is 0.414. The molecule has 0 bridgehead atoms. The van der Waals surface area contributed by atoms with Gasteiger partial charge in [0.2, 0.25) is 0 Å². The van der Waals surface area contributed by atoms with Gasteiger partial charge < -0.3 is 10.1 Å². The smallest absolute Gasteiger partial charge is 0.261 e. The van der Waals surface area contributed by atoms with Crippen molar-refractivity contribution < 1.29 is 21.9 Å². The number of ether oxygens (including phenoxy) is 1. The summed E-state index contributed by atoms with van der Waals surface area (Å²) in [7, 11) is -2.36. The highest BCUT2D eigenvalue weighted by atomic mass is 32.2. The Morgan fingerprint density at radius 1 is 1.00 bits per heavy atom. The van der Waals surface area contributed by atoms with Crippen molar-refractivity contribution in [3.63, 3.8) is 0 Å². The van der Waals surface area contributed by atoms with Crippen LogP contribution < -0.4 is 14.8 Å². The van der Waals surface area contributed by atoms with Crippen LogP contribution in [0.1, 0.15) is 0 Å². The lowest BCUT2D eigenvalue weighted by Crippen LogP contribution is -2.15. The van der Waals surface area contributed by atoms with Crippen LogP contribution in [0, 0.1) is 11.6 Å². The molecule has 0 fully saturated rings. The van der Waals surface area contributed by atoms with Crippen LogP contribution in [0.2, 0.25) is 0 Å². The molecular weight excluding hydrogens is 406 g/mol. The molecule has 5 nitrogen and oxygen atoms in total. The Balaban J connectivity index is 1.68. The number of nitrogens with one attached hydrogen (secondary N) is 2. The molecule has 1 aliphatic heterocycles. The van der Waals surface area contributed by atoms with Crippen molar-refractivity contribution in [1.82, 2.24) is 0 Å². The Bertz CT molecular complexity index is 1170. The fourth-order valence-corrected chi connectivity index (χ4v) is 4.85. The third-order valence-corrected chi connectivity index (χ3v) is 6.64. The van der Waals surface area contributed by atoms with Gasteiger partial charge in [0.15, 0.2) is 11.6 Å². The fourth-order valence-electron chi connectivity index (χ4n) is 2.75. The first-order chi connectivity index (χ1) is 13.4. The molecule has 4 rings (SSSR count). The standard InChI is InChI=1S/C19H14F2N2O3S2/c1-26-11-5-7-12(8-6-11)28(24,25)23-15-3-2-4-17-19(15)22-16-9-13(20)14(21)10-18(16)27-17/h2-10,22-23H,1H3. The molecule has 0 spiro atoms. The van der Waals surface area contributed by atoms with Crippen molar-refractivity contribution in [3.8, 4) is 5.75 Å². The van der Waals surface area contributed by atoms with E-state index in [4.69, 9.17) is 4.74 Å². The number of sulfonamides is 1. The van der Waals surface area contributed by atoms with E-state index in [2.05, 4.69) is 10.0 Å². The van der Waals surface area contributed by atoms with E-state index >= 15 is 0 Å². The SMILES string of the molecule is COc1ccc(S(=O)(=O)Nc2cccc3c2Nc2cc(F)c(F)cc2S3)cc1. The van der Waals surface area contributed by atoms with E-state index < -0.39 is 21.7 Å². The van der Waals surface area contributed by atoms with Gasteiger partial charge in [-0.15, -0.1) is 0 Å². The largest absolute Gasteiger partial charge is 0.497 e. The average Bonchev–Trinajstić information content (AvgIpc) is 2.68. The zero-order valence-electron chi connectivity index (χ0n) is 14.5. The first kappa shape index (κ1) is 18.6. The second-order valence-electron chi connectivity index (χ2n) is 5.95. The highest BCUT2D eigenvalue weighted by molar-refractivity contribution is 7.99. The number of halogens is 2. The summed E-state index contributed by atoms with van der Waals surface area (Å²) in [5, 5.41) is 2.99. The van der Waals surface area contributed by atoms with Crippen LogP contribution in [0.15, 0.2) is 69.3 Å². The van der Waals surface area contributed by atoms with Crippen LogP contribution >= 0.6 is 11.8 Å². The van der Waals surface area contributed by atoms with Crippen LogP contribution in [0.3, 0.4) is 0 Å². The Morgan fingerprint density at radius 3 is 2.43 bits per heavy atom. The van der Waals surface area contributed by atoms with Gasteiger partial charge in [-0.25, -0.2) is 17.2 Å². The molecule has 0 atom stereocenters. The Hall–Kier alpha value is -2.78. The van der Waals surface area contributed by atoms with Crippen LogP contribution in [-0.4, -0.2) is 15.5 Å². The summed E-state index contributed by atoms with van der Waals surface area (Å²) in [6.07, 6.45) is 0. The zero-order chi connectivity index (χ0) is 19.9. The second-order valence-corrected chi connectivity index (χ2v) is 8.72. The van der Waals surface area contributed by atoms with Gasteiger partial charge in [-0.1, -0.05) is 17.8 Å². The average molecular weight is 420 g/mol. The number of para-hydroxylation sites is 1. The van der Waals surface area contributed by atoms with Crippen molar-refractivity contribution in [2.75, 3.05) is 17.1 Å². The number of benzene rings is 3. The van der Waals surface area contributed by atoms with E-state index in [1.165, 1.54) is 31.0 Å².